The second kappa shape index (κ2) is 3.88. The molecule has 0 aromatic heterocycles. The van der Waals surface area contributed by atoms with Gasteiger partial charge in [-0.3, -0.25) is 5.43 Å². The Morgan fingerprint density at radius 2 is 2.35 bits per heavy atom. The van der Waals surface area contributed by atoms with Gasteiger partial charge in [0.25, 0.3) is 0 Å². The van der Waals surface area contributed by atoms with Crippen LogP contribution in [0.3, 0.4) is 0 Å². The lowest BCUT2D eigenvalue weighted by atomic mass is 10.0. The van der Waals surface area contributed by atoms with Crippen molar-refractivity contribution in [1.29, 1.82) is 0 Å². The number of benzene rings is 1. The molecule has 2 aliphatic rings. The molecule has 1 saturated heterocycles. The zero-order valence-corrected chi connectivity index (χ0v) is 10.3. The van der Waals surface area contributed by atoms with E-state index in [0.717, 1.165) is 24.2 Å². The van der Waals surface area contributed by atoms with E-state index in [1.165, 1.54) is 0 Å². The standard InChI is InChI=1S/C12H13ClFN3/c1-7-9(13)4-8(5-10(7)14)11-2-3-12-16-15-6-17(11)12/h4-5,11,15H,2-3,6H2,1H3. The fourth-order valence-electron chi connectivity index (χ4n) is 2.47. The Labute approximate surface area is 104 Å². The van der Waals surface area contributed by atoms with Crippen LogP contribution in [-0.4, -0.2) is 17.4 Å². The molecule has 2 heterocycles. The lowest BCUT2D eigenvalue weighted by Gasteiger charge is -2.22. The van der Waals surface area contributed by atoms with E-state index in [1.54, 1.807) is 13.0 Å². The number of fused-ring (bicyclic) bond motifs is 1. The Morgan fingerprint density at radius 3 is 3.12 bits per heavy atom. The predicted molar refractivity (Wildman–Crippen MR) is 65.4 cm³/mol. The summed E-state index contributed by atoms with van der Waals surface area (Å²) in [4.78, 5) is 2.17. The smallest absolute Gasteiger partial charge is 0.127 e. The number of hydrogen-bond acceptors (Lipinski definition) is 3. The van der Waals surface area contributed by atoms with E-state index in [0.29, 0.717) is 17.3 Å². The summed E-state index contributed by atoms with van der Waals surface area (Å²) in [5, 5.41) is 4.70. The van der Waals surface area contributed by atoms with E-state index in [-0.39, 0.29) is 11.9 Å². The monoisotopic (exact) mass is 253 g/mol. The Kier molecular flexibility index (Phi) is 2.47. The van der Waals surface area contributed by atoms with Crippen LogP contribution in [0.1, 0.15) is 30.0 Å². The summed E-state index contributed by atoms with van der Waals surface area (Å²) in [6, 6.07) is 3.65. The van der Waals surface area contributed by atoms with Crippen LogP contribution in [0.4, 0.5) is 4.39 Å². The highest BCUT2D eigenvalue weighted by atomic mass is 35.5. The number of nitrogens with one attached hydrogen (secondary N) is 1. The second-order valence-electron chi connectivity index (χ2n) is 4.48. The molecule has 0 bridgehead atoms. The summed E-state index contributed by atoms with van der Waals surface area (Å²) >= 11 is 6.04. The van der Waals surface area contributed by atoms with Gasteiger partial charge in [-0.25, -0.2) is 4.39 Å². The normalized spacial score (nSPS) is 22.4. The Bertz CT molecular complexity index is 478. The number of hydrazone groups is 1. The second-order valence-corrected chi connectivity index (χ2v) is 4.89. The molecule has 1 N–H and O–H groups in total. The lowest BCUT2D eigenvalue weighted by Crippen LogP contribution is -2.27. The summed E-state index contributed by atoms with van der Waals surface area (Å²) < 4.78 is 13.7. The van der Waals surface area contributed by atoms with Gasteiger partial charge in [-0.1, -0.05) is 11.6 Å². The third-order valence-electron chi connectivity index (χ3n) is 3.49. The first-order valence-corrected chi connectivity index (χ1v) is 6.06. The molecule has 0 saturated carbocycles. The largest absolute Gasteiger partial charge is 0.333 e. The van der Waals surface area contributed by atoms with Crippen LogP contribution in [0, 0.1) is 12.7 Å². The van der Waals surface area contributed by atoms with Crippen molar-refractivity contribution in [3.63, 3.8) is 0 Å². The molecule has 3 nitrogen and oxygen atoms in total. The van der Waals surface area contributed by atoms with Gasteiger partial charge in [0, 0.05) is 17.0 Å². The molecule has 0 aliphatic carbocycles. The minimum atomic E-state index is -0.231. The van der Waals surface area contributed by atoms with Crippen molar-refractivity contribution in [2.24, 2.45) is 5.10 Å². The van der Waals surface area contributed by atoms with Gasteiger partial charge < -0.3 is 4.90 Å². The van der Waals surface area contributed by atoms with Crippen LogP contribution in [0.15, 0.2) is 17.2 Å². The molecule has 1 atom stereocenters. The third-order valence-corrected chi connectivity index (χ3v) is 3.88. The number of hydrogen-bond donors (Lipinski definition) is 1. The van der Waals surface area contributed by atoms with Gasteiger partial charge in [-0.15, -0.1) is 0 Å². The highest BCUT2D eigenvalue weighted by Gasteiger charge is 2.33. The third kappa shape index (κ3) is 1.67. The molecular formula is C12H13ClFN3. The van der Waals surface area contributed by atoms with Crippen LogP contribution in [0.25, 0.3) is 0 Å². The molecule has 1 aromatic rings. The SMILES string of the molecule is Cc1c(F)cc(C2CCC3=NNCN32)cc1Cl. The van der Waals surface area contributed by atoms with Crippen LogP contribution in [-0.2, 0) is 0 Å². The molecule has 1 fully saturated rings. The fourth-order valence-corrected chi connectivity index (χ4v) is 2.69. The number of nitrogens with zero attached hydrogens (tertiary/aromatic N) is 2. The maximum absolute atomic E-state index is 13.7. The molecule has 3 rings (SSSR count). The van der Waals surface area contributed by atoms with Crippen molar-refractivity contribution in [1.82, 2.24) is 10.3 Å². The van der Waals surface area contributed by atoms with Gasteiger partial charge >= 0.3 is 0 Å². The van der Waals surface area contributed by atoms with E-state index >= 15 is 0 Å². The van der Waals surface area contributed by atoms with Gasteiger partial charge in [-0.2, -0.15) is 5.10 Å². The predicted octanol–water partition coefficient (Wildman–Crippen LogP) is 2.80. The van der Waals surface area contributed by atoms with Crippen LogP contribution in [0.5, 0.6) is 0 Å². The molecule has 1 aromatic carbocycles. The highest BCUT2D eigenvalue weighted by molar-refractivity contribution is 6.31. The number of rotatable bonds is 1. The first-order valence-electron chi connectivity index (χ1n) is 5.68. The van der Waals surface area contributed by atoms with Crippen LogP contribution < -0.4 is 5.43 Å². The van der Waals surface area contributed by atoms with Gasteiger partial charge in [-0.05, 0) is 31.0 Å². The van der Waals surface area contributed by atoms with E-state index in [2.05, 4.69) is 15.4 Å². The number of amidine groups is 1. The van der Waals surface area contributed by atoms with Crippen molar-refractivity contribution < 1.29 is 4.39 Å². The zero-order valence-electron chi connectivity index (χ0n) is 9.50. The minimum Gasteiger partial charge on any atom is -0.333 e. The lowest BCUT2D eigenvalue weighted by molar-refractivity contribution is 0.344. The first-order chi connectivity index (χ1) is 8.16. The van der Waals surface area contributed by atoms with Gasteiger partial charge in [0.15, 0.2) is 0 Å². The molecule has 0 amide bonds. The zero-order chi connectivity index (χ0) is 12.0. The van der Waals surface area contributed by atoms with E-state index < -0.39 is 0 Å². The summed E-state index contributed by atoms with van der Waals surface area (Å²) in [5.41, 5.74) is 4.40. The molecule has 90 valence electrons. The van der Waals surface area contributed by atoms with E-state index in [9.17, 15) is 4.39 Å². The van der Waals surface area contributed by atoms with Gasteiger partial charge in [0.1, 0.15) is 18.3 Å². The molecule has 1 unspecified atom stereocenters. The van der Waals surface area contributed by atoms with Crippen molar-refractivity contribution in [2.75, 3.05) is 6.67 Å². The Morgan fingerprint density at radius 1 is 1.53 bits per heavy atom. The quantitative estimate of drug-likeness (QED) is 0.834. The average Bonchev–Trinajstić information content (AvgIpc) is 2.86. The van der Waals surface area contributed by atoms with Gasteiger partial charge in [0.2, 0.25) is 0 Å². The van der Waals surface area contributed by atoms with Crippen molar-refractivity contribution >= 4 is 17.4 Å². The van der Waals surface area contributed by atoms with Crippen molar-refractivity contribution in [3.05, 3.63) is 34.1 Å². The Hall–Kier alpha value is -1.29. The molecule has 5 heteroatoms. The molecule has 2 aliphatic heterocycles. The maximum Gasteiger partial charge on any atom is 0.127 e. The molecule has 0 spiro atoms. The first kappa shape index (κ1) is 10.8. The fraction of sp³-hybridized carbons (Fsp3) is 0.417. The average molecular weight is 254 g/mol. The van der Waals surface area contributed by atoms with E-state index in [1.807, 2.05) is 6.07 Å². The molecule has 0 radical (unpaired) electrons. The van der Waals surface area contributed by atoms with Gasteiger partial charge in [0.05, 0.1) is 6.04 Å². The maximum atomic E-state index is 13.7. The minimum absolute atomic E-state index is 0.191. The summed E-state index contributed by atoms with van der Waals surface area (Å²) in [5.74, 6) is 0.831. The molecule has 17 heavy (non-hydrogen) atoms. The molecular weight excluding hydrogens is 241 g/mol. The van der Waals surface area contributed by atoms with E-state index in [4.69, 9.17) is 11.6 Å². The summed E-state index contributed by atoms with van der Waals surface area (Å²) in [6.07, 6.45) is 1.91. The highest BCUT2D eigenvalue weighted by Crippen LogP contribution is 2.36. The van der Waals surface area contributed by atoms with Crippen LogP contribution in [0.2, 0.25) is 5.02 Å². The van der Waals surface area contributed by atoms with Crippen LogP contribution >= 0.6 is 11.6 Å². The number of halogens is 2. The van der Waals surface area contributed by atoms with Crippen molar-refractivity contribution in [3.8, 4) is 0 Å². The summed E-state index contributed by atoms with van der Waals surface area (Å²) in [6.45, 7) is 2.40. The Balaban J connectivity index is 1.97. The summed E-state index contributed by atoms with van der Waals surface area (Å²) in [7, 11) is 0. The topological polar surface area (TPSA) is 27.6 Å². The van der Waals surface area contributed by atoms with Crippen molar-refractivity contribution in [2.45, 2.75) is 25.8 Å².